The molecule has 10 heavy (non-hydrogen) atoms. The van der Waals surface area contributed by atoms with Gasteiger partial charge in [-0.3, -0.25) is 0 Å². The second-order valence-corrected chi connectivity index (χ2v) is 1.74. The molecule has 0 amide bonds. The lowest BCUT2D eigenvalue weighted by Gasteiger charge is -2.06. The van der Waals surface area contributed by atoms with Gasteiger partial charge in [-0.05, 0) is 20.3 Å². The summed E-state index contributed by atoms with van der Waals surface area (Å²) in [5.41, 5.74) is 0. The first-order chi connectivity index (χ1) is 4.20. The van der Waals surface area contributed by atoms with Gasteiger partial charge in [-0.25, -0.2) is 4.79 Å². The molecule has 0 bridgehead atoms. The molecule has 0 saturated heterocycles. The zero-order valence-electron chi connectivity index (χ0n) is 6.30. The lowest BCUT2D eigenvalue weighted by molar-refractivity contribution is -0.141. The van der Waals surface area contributed by atoms with Gasteiger partial charge in [0.25, 0.3) is 0 Å². The number of hydrogen-bond donors (Lipinski definition) is 1. The Morgan fingerprint density at radius 1 is 1.80 bits per heavy atom. The minimum absolute atomic E-state index is 0. The summed E-state index contributed by atoms with van der Waals surface area (Å²) in [5.74, 6) is -0.383. The van der Waals surface area contributed by atoms with Crippen LogP contribution < -0.4 is 6.15 Å². The Bertz CT molecular complexity index is 112. The Morgan fingerprint density at radius 3 is 2.60 bits per heavy atom. The van der Waals surface area contributed by atoms with E-state index in [4.69, 9.17) is 4.74 Å². The summed E-state index contributed by atoms with van der Waals surface area (Å²) in [5, 5.41) is 0. The van der Waals surface area contributed by atoms with Crippen LogP contribution in [0.2, 0.25) is 0 Å². The normalized spacial score (nSPS) is 11.0. The topological polar surface area (TPSA) is 61.3 Å². The summed E-state index contributed by atoms with van der Waals surface area (Å²) in [4.78, 5) is 10.4. The molecule has 0 aromatic heterocycles. The van der Waals surface area contributed by atoms with Crippen LogP contribution in [0.3, 0.4) is 0 Å². The average Bonchev–Trinajstić information content (AvgIpc) is 1.87. The van der Waals surface area contributed by atoms with E-state index in [2.05, 4.69) is 13.5 Å². The number of ether oxygens (including phenoxy) is 1. The molecule has 0 aromatic rings. The summed E-state index contributed by atoms with van der Waals surface area (Å²) >= 11 is 0. The number of esters is 1. The summed E-state index contributed by atoms with van der Waals surface area (Å²) < 4.78 is 4.73. The van der Waals surface area contributed by atoms with Crippen LogP contribution in [0.4, 0.5) is 0 Å². The summed E-state index contributed by atoms with van der Waals surface area (Å²) in [7, 11) is 0. The number of hydrogen-bond acceptors (Lipinski definition) is 3. The van der Waals surface area contributed by atoms with Gasteiger partial charge in [0.2, 0.25) is 0 Å². The zero-order chi connectivity index (χ0) is 7.28. The molecule has 1 unspecified atom stereocenters. The quantitative estimate of drug-likeness (QED) is 0.482. The fourth-order valence-electron chi connectivity index (χ4n) is 0.305. The van der Waals surface area contributed by atoms with E-state index in [1.54, 1.807) is 6.92 Å². The fraction of sp³-hybridized carbons (Fsp3) is 0.429. The van der Waals surface area contributed by atoms with Gasteiger partial charge in [-0.1, -0.05) is 6.58 Å². The Morgan fingerprint density at radius 2 is 2.30 bits per heavy atom. The van der Waals surface area contributed by atoms with Crippen molar-refractivity contribution in [2.75, 3.05) is 0 Å². The van der Waals surface area contributed by atoms with Crippen molar-refractivity contribution in [2.24, 2.45) is 0 Å². The second kappa shape index (κ2) is 6.29. The smallest absolute Gasteiger partial charge is 0.330 e. The molecule has 3 nitrogen and oxygen atoms in total. The van der Waals surface area contributed by atoms with Gasteiger partial charge in [0.1, 0.15) is 0 Å². The van der Waals surface area contributed by atoms with E-state index in [1.165, 1.54) is 0 Å². The van der Waals surface area contributed by atoms with Crippen LogP contribution in [-0.2, 0) is 9.53 Å². The molecule has 0 aromatic carbocycles. The van der Waals surface area contributed by atoms with Crippen molar-refractivity contribution < 1.29 is 9.53 Å². The van der Waals surface area contributed by atoms with Gasteiger partial charge >= 0.3 is 5.97 Å². The molecule has 0 aliphatic carbocycles. The summed E-state index contributed by atoms with van der Waals surface area (Å²) in [6.07, 6.45) is 1.64. The third-order valence-electron chi connectivity index (χ3n) is 0.891. The summed E-state index contributed by atoms with van der Waals surface area (Å²) in [6, 6.07) is 0. The van der Waals surface area contributed by atoms with E-state index in [9.17, 15) is 4.79 Å². The zero-order valence-corrected chi connectivity index (χ0v) is 6.30. The van der Waals surface area contributed by atoms with E-state index in [1.807, 2.05) is 0 Å². The highest BCUT2D eigenvalue weighted by Crippen LogP contribution is 1.95. The second-order valence-electron chi connectivity index (χ2n) is 1.74. The van der Waals surface area contributed by atoms with E-state index in [0.717, 1.165) is 6.08 Å². The molecular formula is C7H14NO2. The van der Waals surface area contributed by atoms with Crippen molar-refractivity contribution in [1.82, 2.24) is 6.15 Å². The Hall–Kier alpha value is -0.830. The third-order valence-corrected chi connectivity index (χ3v) is 0.891. The first-order valence-corrected chi connectivity index (χ1v) is 2.83. The van der Waals surface area contributed by atoms with E-state index >= 15 is 0 Å². The maximum atomic E-state index is 10.4. The van der Waals surface area contributed by atoms with Gasteiger partial charge in [-0.15, -0.1) is 0 Å². The maximum Gasteiger partial charge on any atom is 0.330 e. The molecule has 1 atom stereocenters. The third kappa shape index (κ3) is 5.31. The molecule has 3 N–H and O–H groups in total. The van der Waals surface area contributed by atoms with Crippen LogP contribution in [0, 0.1) is 6.92 Å². The van der Waals surface area contributed by atoms with Crippen molar-refractivity contribution in [2.45, 2.75) is 19.4 Å². The standard InChI is InChI=1S/C7H11O2.H3N/c1-4-6(3)9-7(8)5-2;/h5-6H,1-2,4H2,3H3;1H3. The maximum absolute atomic E-state index is 10.4. The molecular weight excluding hydrogens is 130 g/mol. The Labute approximate surface area is 61.7 Å². The monoisotopic (exact) mass is 144 g/mol. The van der Waals surface area contributed by atoms with Gasteiger partial charge < -0.3 is 10.9 Å². The lowest BCUT2D eigenvalue weighted by atomic mass is 10.3. The molecule has 0 spiro atoms. The number of carbonyl (C=O) groups is 1. The van der Waals surface area contributed by atoms with Crippen molar-refractivity contribution >= 4 is 5.97 Å². The van der Waals surface area contributed by atoms with E-state index < -0.39 is 0 Å². The van der Waals surface area contributed by atoms with E-state index in [0.29, 0.717) is 6.42 Å². The van der Waals surface area contributed by atoms with Crippen molar-refractivity contribution in [3.05, 3.63) is 19.6 Å². The largest absolute Gasteiger partial charge is 0.460 e. The Kier molecular flexibility index (Phi) is 7.49. The molecule has 0 fully saturated rings. The first kappa shape index (κ1) is 11.9. The van der Waals surface area contributed by atoms with Crippen LogP contribution in [0.1, 0.15) is 13.3 Å². The minimum atomic E-state index is -0.383. The fourth-order valence-corrected chi connectivity index (χ4v) is 0.305. The summed E-state index contributed by atoms with van der Waals surface area (Å²) in [6.45, 7) is 8.60. The molecule has 0 aliphatic rings. The van der Waals surface area contributed by atoms with Crippen LogP contribution in [0.5, 0.6) is 0 Å². The van der Waals surface area contributed by atoms with Gasteiger partial charge in [-0.2, -0.15) is 0 Å². The first-order valence-electron chi connectivity index (χ1n) is 2.83. The van der Waals surface area contributed by atoms with Gasteiger partial charge in [0, 0.05) is 6.08 Å². The van der Waals surface area contributed by atoms with Crippen LogP contribution in [0.15, 0.2) is 12.7 Å². The number of carbonyl (C=O) groups excluding carboxylic acids is 1. The molecule has 1 radical (unpaired) electrons. The van der Waals surface area contributed by atoms with Crippen LogP contribution in [-0.4, -0.2) is 12.1 Å². The molecule has 0 aliphatic heterocycles. The predicted molar refractivity (Wildman–Crippen MR) is 40.7 cm³/mol. The lowest BCUT2D eigenvalue weighted by Crippen LogP contribution is -2.10. The van der Waals surface area contributed by atoms with Crippen molar-refractivity contribution in [3.8, 4) is 0 Å². The number of rotatable bonds is 3. The molecule has 3 heteroatoms. The molecule has 59 valence electrons. The van der Waals surface area contributed by atoms with Crippen LogP contribution in [0.25, 0.3) is 0 Å². The predicted octanol–water partition coefficient (Wildman–Crippen LogP) is 1.49. The Balaban J connectivity index is 0. The van der Waals surface area contributed by atoms with Crippen molar-refractivity contribution in [1.29, 1.82) is 0 Å². The highest BCUT2D eigenvalue weighted by atomic mass is 16.5. The minimum Gasteiger partial charge on any atom is -0.460 e. The molecule has 0 rings (SSSR count). The van der Waals surface area contributed by atoms with Crippen LogP contribution >= 0.6 is 0 Å². The SMILES string of the molecule is N.[CH2]CC(C)OC(=O)C=C. The molecule has 0 saturated carbocycles. The van der Waals surface area contributed by atoms with Crippen molar-refractivity contribution in [3.63, 3.8) is 0 Å². The molecule has 0 heterocycles. The average molecular weight is 144 g/mol. The highest BCUT2D eigenvalue weighted by Gasteiger charge is 2.01. The van der Waals surface area contributed by atoms with Gasteiger partial charge in [0.05, 0.1) is 6.10 Å². The van der Waals surface area contributed by atoms with Gasteiger partial charge in [0.15, 0.2) is 0 Å². The van der Waals surface area contributed by atoms with E-state index in [-0.39, 0.29) is 18.2 Å². The highest BCUT2D eigenvalue weighted by molar-refractivity contribution is 5.81.